The summed E-state index contributed by atoms with van der Waals surface area (Å²) >= 11 is 0. The Hall–Kier alpha value is -0.0800. The van der Waals surface area contributed by atoms with Gasteiger partial charge in [-0.2, -0.15) is 0 Å². The molecule has 0 spiro atoms. The van der Waals surface area contributed by atoms with E-state index in [9.17, 15) is 0 Å². The molecule has 0 bridgehead atoms. The van der Waals surface area contributed by atoms with Crippen LogP contribution in [0.1, 0.15) is 88.0 Å². The molecule has 2 heteroatoms. The van der Waals surface area contributed by atoms with E-state index in [4.69, 9.17) is 0 Å². The van der Waals surface area contributed by atoms with E-state index in [0.29, 0.717) is 16.2 Å². The van der Waals surface area contributed by atoms with Crippen LogP contribution >= 0.6 is 0 Å². The van der Waals surface area contributed by atoms with Gasteiger partial charge >= 0.3 is 0 Å². The molecule has 0 radical (unpaired) electrons. The van der Waals surface area contributed by atoms with Crippen LogP contribution in [0.5, 0.6) is 0 Å². The van der Waals surface area contributed by atoms with Gasteiger partial charge in [0, 0.05) is 24.9 Å². The molecule has 30 heavy (non-hydrogen) atoms. The minimum Gasteiger partial charge on any atom is -0.328 e. The second kappa shape index (κ2) is 9.05. The summed E-state index contributed by atoms with van der Waals surface area (Å²) in [5.41, 5.74) is 1.19. The lowest BCUT2D eigenvalue weighted by Crippen LogP contribution is -2.40. The molecule has 2 nitrogen and oxygen atoms in total. The minimum atomic E-state index is 0.376. The van der Waals surface area contributed by atoms with Crippen molar-refractivity contribution in [1.82, 2.24) is 4.90 Å². The molecule has 2 heterocycles. The van der Waals surface area contributed by atoms with Gasteiger partial charge in [-0.3, -0.25) is 0 Å². The molecule has 4 unspecified atom stereocenters. The topological polar surface area (TPSA) is 3.24 Å². The van der Waals surface area contributed by atoms with Crippen LogP contribution in [0.3, 0.4) is 0 Å². The van der Waals surface area contributed by atoms with Crippen LogP contribution < -0.4 is 0 Å². The van der Waals surface area contributed by atoms with Crippen molar-refractivity contribution in [1.29, 1.82) is 0 Å². The molecule has 0 aromatic carbocycles. The average Bonchev–Trinajstić information content (AvgIpc) is 2.94. The summed E-state index contributed by atoms with van der Waals surface area (Å²) in [7, 11) is 7.25. The van der Waals surface area contributed by atoms with Crippen LogP contribution in [-0.2, 0) is 0 Å². The van der Waals surface area contributed by atoms with Gasteiger partial charge in [0.2, 0.25) is 0 Å². The smallest absolute Gasteiger partial charge is 0.0816 e. The zero-order valence-electron chi connectivity index (χ0n) is 22.9. The third-order valence-electron chi connectivity index (χ3n) is 8.91. The molecule has 2 rings (SSSR count). The summed E-state index contributed by atoms with van der Waals surface area (Å²) in [4.78, 5) is 2.60. The lowest BCUT2D eigenvalue weighted by molar-refractivity contribution is -0.880. The number of rotatable bonds is 8. The molecule has 0 amide bonds. The number of hydrogen-bond acceptors (Lipinski definition) is 1. The fourth-order valence-electron chi connectivity index (χ4n) is 7.03. The molecule has 2 aliphatic rings. The lowest BCUT2D eigenvalue weighted by atomic mass is 9.59. The van der Waals surface area contributed by atoms with Crippen molar-refractivity contribution in [2.24, 2.45) is 45.8 Å². The van der Waals surface area contributed by atoms with Gasteiger partial charge in [-0.15, -0.1) is 0 Å². The van der Waals surface area contributed by atoms with Gasteiger partial charge in [0.25, 0.3) is 0 Å². The molecule has 2 saturated heterocycles. The summed E-state index contributed by atoms with van der Waals surface area (Å²) < 4.78 is 1.22. The Bertz CT molecular complexity index is 551. The van der Waals surface area contributed by atoms with E-state index < -0.39 is 0 Å². The highest BCUT2D eigenvalue weighted by molar-refractivity contribution is 4.95. The first-order valence-corrected chi connectivity index (χ1v) is 12.9. The highest BCUT2D eigenvalue weighted by atomic mass is 15.3. The largest absolute Gasteiger partial charge is 0.328 e. The molecular formula is C28H57N2+. The zero-order valence-corrected chi connectivity index (χ0v) is 22.9. The van der Waals surface area contributed by atoms with Crippen LogP contribution in [0.25, 0.3) is 0 Å². The van der Waals surface area contributed by atoms with E-state index in [1.807, 2.05) is 0 Å². The highest BCUT2D eigenvalue weighted by Crippen LogP contribution is 2.52. The van der Waals surface area contributed by atoms with Crippen LogP contribution in [0.4, 0.5) is 0 Å². The standard InChI is InChI=1S/C28H57N2/c1-21(2)13-22-19-30(11,12)20-25(22)16-28(8,9)27(6,7)15-24-18-29(10)17-23(24)14-26(3,4)5/h21-25H,13-20H2,1-12H3/q+1. The SMILES string of the molecule is CC(C)CC1C[N+](C)(C)CC1CC(C)(C)C(C)(C)CC1CN(C)CC1CC(C)(C)C. The van der Waals surface area contributed by atoms with Gasteiger partial charge in [-0.25, -0.2) is 0 Å². The third kappa shape index (κ3) is 6.96. The Labute approximate surface area is 190 Å². The molecule has 0 aliphatic carbocycles. The zero-order chi connectivity index (χ0) is 23.1. The Morgan fingerprint density at radius 2 is 1.17 bits per heavy atom. The maximum absolute atomic E-state index is 2.60. The highest BCUT2D eigenvalue weighted by Gasteiger charge is 2.48. The first-order chi connectivity index (χ1) is 13.4. The fraction of sp³-hybridized carbons (Fsp3) is 1.00. The first-order valence-electron chi connectivity index (χ1n) is 12.9. The first kappa shape index (κ1) is 26.2. The van der Waals surface area contributed by atoms with E-state index in [2.05, 4.69) is 88.4 Å². The molecule has 0 aromatic rings. The van der Waals surface area contributed by atoms with Gasteiger partial charge < -0.3 is 9.38 Å². The van der Waals surface area contributed by atoms with E-state index in [0.717, 1.165) is 29.6 Å². The number of hydrogen-bond donors (Lipinski definition) is 0. The van der Waals surface area contributed by atoms with Gasteiger partial charge in [-0.1, -0.05) is 62.3 Å². The van der Waals surface area contributed by atoms with Crippen molar-refractivity contribution < 1.29 is 4.48 Å². The minimum absolute atomic E-state index is 0.376. The van der Waals surface area contributed by atoms with Crippen molar-refractivity contribution in [2.45, 2.75) is 88.0 Å². The number of nitrogens with zero attached hydrogens (tertiary/aromatic N) is 2. The normalized spacial score (nSPS) is 31.1. The van der Waals surface area contributed by atoms with Crippen LogP contribution in [0, 0.1) is 45.8 Å². The van der Waals surface area contributed by atoms with Crippen molar-refractivity contribution >= 4 is 0 Å². The Kier molecular flexibility index (Phi) is 7.89. The Morgan fingerprint density at radius 3 is 1.63 bits per heavy atom. The number of quaternary nitrogens is 1. The molecule has 0 saturated carbocycles. The third-order valence-corrected chi connectivity index (χ3v) is 8.91. The summed E-state index contributed by atoms with van der Waals surface area (Å²) in [5.74, 6) is 4.32. The number of likely N-dealkylation sites (tertiary alicyclic amines) is 2. The predicted octanol–water partition coefficient (Wildman–Crippen LogP) is 6.80. The maximum Gasteiger partial charge on any atom is 0.0816 e. The van der Waals surface area contributed by atoms with Crippen molar-refractivity contribution in [2.75, 3.05) is 47.3 Å². The molecular weight excluding hydrogens is 364 g/mol. The van der Waals surface area contributed by atoms with Gasteiger partial charge in [0.15, 0.2) is 0 Å². The van der Waals surface area contributed by atoms with E-state index in [1.165, 1.54) is 56.3 Å². The van der Waals surface area contributed by atoms with E-state index in [-0.39, 0.29) is 0 Å². The molecule has 2 aliphatic heterocycles. The van der Waals surface area contributed by atoms with Gasteiger partial charge in [-0.05, 0) is 66.7 Å². The van der Waals surface area contributed by atoms with E-state index in [1.54, 1.807) is 0 Å². The van der Waals surface area contributed by atoms with Crippen molar-refractivity contribution in [3.05, 3.63) is 0 Å². The van der Waals surface area contributed by atoms with E-state index >= 15 is 0 Å². The molecule has 0 aromatic heterocycles. The average molecular weight is 422 g/mol. The summed E-state index contributed by atoms with van der Waals surface area (Å²) in [5, 5.41) is 0. The molecule has 178 valence electrons. The van der Waals surface area contributed by atoms with Crippen molar-refractivity contribution in [3.8, 4) is 0 Å². The van der Waals surface area contributed by atoms with Gasteiger partial charge in [0.05, 0.1) is 27.2 Å². The quantitative estimate of drug-likeness (QED) is 0.389. The molecule has 2 fully saturated rings. The van der Waals surface area contributed by atoms with Crippen molar-refractivity contribution in [3.63, 3.8) is 0 Å². The second-order valence-electron chi connectivity index (χ2n) is 15.1. The molecule has 4 atom stereocenters. The maximum atomic E-state index is 2.60. The Morgan fingerprint density at radius 1 is 0.733 bits per heavy atom. The monoisotopic (exact) mass is 421 g/mol. The van der Waals surface area contributed by atoms with Crippen LogP contribution in [-0.4, -0.2) is 56.7 Å². The predicted molar refractivity (Wildman–Crippen MR) is 134 cm³/mol. The Balaban J connectivity index is 2.11. The van der Waals surface area contributed by atoms with Crippen LogP contribution in [0.15, 0.2) is 0 Å². The lowest BCUT2D eigenvalue weighted by Gasteiger charge is -2.46. The summed E-state index contributed by atoms with van der Waals surface area (Å²) in [6, 6.07) is 0. The summed E-state index contributed by atoms with van der Waals surface area (Å²) in [6.45, 7) is 27.8. The second-order valence-corrected chi connectivity index (χ2v) is 15.1. The van der Waals surface area contributed by atoms with Crippen LogP contribution in [0.2, 0.25) is 0 Å². The molecule has 0 N–H and O–H groups in total. The fourth-order valence-corrected chi connectivity index (χ4v) is 7.03. The summed E-state index contributed by atoms with van der Waals surface area (Å²) in [6.07, 6.45) is 5.55. The van der Waals surface area contributed by atoms with Gasteiger partial charge in [0.1, 0.15) is 0 Å².